The Kier molecular flexibility index (Phi) is 11.2. The van der Waals surface area contributed by atoms with Crippen LogP contribution in [0.3, 0.4) is 0 Å². The summed E-state index contributed by atoms with van der Waals surface area (Å²) in [5, 5.41) is 43.8. The topological polar surface area (TPSA) is 135 Å². The van der Waals surface area contributed by atoms with Crippen LogP contribution >= 0.6 is 23.4 Å². The number of nitriles is 1. The zero-order chi connectivity index (χ0) is 30.4. The minimum Gasteiger partial charge on any atom is -0.494 e. The Hall–Kier alpha value is -2.36. The second kappa shape index (κ2) is 14.4. The number of thioether (sulfide) groups is 1. The third kappa shape index (κ3) is 8.17. The average molecular weight is 618 g/mol. The fourth-order valence-corrected chi connectivity index (χ4v) is 6.45. The van der Waals surface area contributed by atoms with Crippen LogP contribution < -0.4 is 10.1 Å². The summed E-state index contributed by atoms with van der Waals surface area (Å²) >= 11 is 8.09. The third-order valence-electron chi connectivity index (χ3n) is 7.85. The van der Waals surface area contributed by atoms with E-state index in [9.17, 15) is 25.4 Å². The summed E-state index contributed by atoms with van der Waals surface area (Å²) in [4.78, 5) is 14.1. The van der Waals surface area contributed by atoms with E-state index in [0.717, 1.165) is 29.7 Å². The molecule has 4 N–H and O–H groups in total. The second-order valence-electron chi connectivity index (χ2n) is 11.6. The van der Waals surface area contributed by atoms with Crippen molar-refractivity contribution >= 4 is 29.3 Å². The smallest absolute Gasteiger partial charge is 0.238 e. The van der Waals surface area contributed by atoms with Crippen LogP contribution in [-0.2, 0) is 16.0 Å². The summed E-state index contributed by atoms with van der Waals surface area (Å²) in [5.74, 6) is 1.95. The Labute approximate surface area is 256 Å². The SMILES string of the molecule is C[C@H]1O[C@@H](c2ccc(Cl)c(Cc3ccc(OCCCC(C)(C)NCC(=O)N4CSC[C@@H]4C#N)cc3)c2)[C@H](O)[C@@H](O)[C@@H]1O. The minimum atomic E-state index is -1.30. The van der Waals surface area contributed by atoms with Crippen LogP contribution in [0.5, 0.6) is 5.75 Å². The van der Waals surface area contributed by atoms with Gasteiger partial charge in [0.1, 0.15) is 36.2 Å². The maximum Gasteiger partial charge on any atom is 0.238 e. The molecule has 11 heteroatoms. The van der Waals surface area contributed by atoms with Crippen LogP contribution in [0.2, 0.25) is 5.02 Å². The molecule has 0 aliphatic carbocycles. The molecule has 228 valence electrons. The molecular formula is C31H40ClN3O6S. The molecule has 0 radical (unpaired) electrons. The van der Waals surface area contributed by atoms with Crippen molar-refractivity contribution in [2.24, 2.45) is 0 Å². The number of aliphatic hydroxyl groups excluding tert-OH is 3. The van der Waals surface area contributed by atoms with Crippen molar-refractivity contribution in [1.82, 2.24) is 10.2 Å². The van der Waals surface area contributed by atoms with Gasteiger partial charge in [0.15, 0.2) is 0 Å². The van der Waals surface area contributed by atoms with Gasteiger partial charge < -0.3 is 35.0 Å². The first-order valence-electron chi connectivity index (χ1n) is 14.2. The van der Waals surface area contributed by atoms with E-state index in [1.165, 1.54) is 0 Å². The molecule has 0 saturated carbocycles. The number of halogens is 1. The van der Waals surface area contributed by atoms with Crippen LogP contribution in [0.1, 0.15) is 56.4 Å². The molecule has 42 heavy (non-hydrogen) atoms. The molecule has 2 fully saturated rings. The van der Waals surface area contributed by atoms with Gasteiger partial charge >= 0.3 is 0 Å². The first-order valence-corrected chi connectivity index (χ1v) is 15.7. The summed E-state index contributed by atoms with van der Waals surface area (Å²) in [5.41, 5.74) is 2.32. The molecule has 0 bridgehead atoms. The lowest BCUT2D eigenvalue weighted by Crippen LogP contribution is -2.53. The lowest BCUT2D eigenvalue weighted by Gasteiger charge is -2.39. The Morgan fingerprint density at radius 2 is 1.93 bits per heavy atom. The Morgan fingerprint density at radius 1 is 1.19 bits per heavy atom. The highest BCUT2D eigenvalue weighted by Crippen LogP contribution is 2.34. The Bertz CT molecular complexity index is 1260. The van der Waals surface area contributed by atoms with Gasteiger partial charge in [-0.1, -0.05) is 35.9 Å². The number of hydrogen-bond acceptors (Lipinski definition) is 9. The van der Waals surface area contributed by atoms with Gasteiger partial charge in [-0.05, 0) is 74.9 Å². The highest BCUT2D eigenvalue weighted by molar-refractivity contribution is 7.99. The molecule has 9 nitrogen and oxygen atoms in total. The predicted octanol–water partition coefficient (Wildman–Crippen LogP) is 3.43. The van der Waals surface area contributed by atoms with Crippen molar-refractivity contribution < 1.29 is 29.6 Å². The largest absolute Gasteiger partial charge is 0.494 e. The summed E-state index contributed by atoms with van der Waals surface area (Å²) in [6.45, 7) is 6.52. The first kappa shape index (κ1) is 32.6. The van der Waals surface area contributed by atoms with Gasteiger partial charge in [-0.2, -0.15) is 5.26 Å². The summed E-state index contributed by atoms with van der Waals surface area (Å²) in [6, 6.07) is 15.0. The van der Waals surface area contributed by atoms with E-state index in [1.54, 1.807) is 35.7 Å². The lowest BCUT2D eigenvalue weighted by molar-refractivity contribution is -0.219. The van der Waals surface area contributed by atoms with Crippen LogP contribution in [-0.4, -0.2) is 86.9 Å². The number of benzene rings is 2. The first-order chi connectivity index (χ1) is 20.0. The number of aliphatic hydroxyl groups is 3. The number of hydrogen-bond donors (Lipinski definition) is 4. The molecule has 2 aliphatic rings. The van der Waals surface area contributed by atoms with E-state index >= 15 is 0 Å². The molecule has 2 heterocycles. The molecule has 0 unspecified atom stereocenters. The Balaban J connectivity index is 1.24. The number of nitrogens with one attached hydrogen (secondary N) is 1. The van der Waals surface area contributed by atoms with E-state index in [2.05, 4.69) is 25.2 Å². The standard InChI is InChI=1S/C31H40ClN3O6S/c1-19-27(37)28(38)29(39)30(41-19)21-7-10-25(32)22(14-21)13-20-5-8-24(9-6-20)40-12-4-11-31(2,3)34-16-26(36)35-18-42-17-23(35)15-33/h5-10,14,19,23,27-30,34,37-39H,4,11-13,16-18H2,1-3H3/t19-,23+,27-,28+,29-,30+/m1/s1. The van der Waals surface area contributed by atoms with Gasteiger partial charge in [0, 0.05) is 16.3 Å². The summed E-state index contributed by atoms with van der Waals surface area (Å²) in [6.07, 6.45) is -2.92. The van der Waals surface area contributed by atoms with Gasteiger partial charge in [-0.15, -0.1) is 11.8 Å². The highest BCUT2D eigenvalue weighted by atomic mass is 35.5. The van der Waals surface area contributed by atoms with Crippen molar-refractivity contribution in [2.45, 2.75) is 82.1 Å². The number of carbonyl (C=O) groups excluding carboxylic acids is 1. The maximum absolute atomic E-state index is 12.5. The monoisotopic (exact) mass is 617 g/mol. The van der Waals surface area contributed by atoms with Crippen molar-refractivity contribution in [3.63, 3.8) is 0 Å². The van der Waals surface area contributed by atoms with Crippen molar-refractivity contribution in [3.8, 4) is 11.8 Å². The molecule has 0 aromatic heterocycles. The van der Waals surface area contributed by atoms with Crippen molar-refractivity contribution in [3.05, 3.63) is 64.2 Å². The normalized spacial score (nSPS) is 26.2. The van der Waals surface area contributed by atoms with Crippen molar-refractivity contribution in [2.75, 3.05) is 24.8 Å². The summed E-state index contributed by atoms with van der Waals surface area (Å²) in [7, 11) is 0. The van der Waals surface area contributed by atoms with Gasteiger partial charge in [-0.3, -0.25) is 4.79 Å². The molecule has 0 spiro atoms. The number of ether oxygens (including phenoxy) is 2. The van der Waals surface area contributed by atoms with Gasteiger partial charge in [0.2, 0.25) is 5.91 Å². The molecule has 2 aliphatic heterocycles. The average Bonchev–Trinajstić information content (AvgIpc) is 3.46. The van der Waals surface area contributed by atoms with Crippen molar-refractivity contribution in [1.29, 1.82) is 5.26 Å². The lowest BCUT2D eigenvalue weighted by atomic mass is 9.90. The number of carbonyl (C=O) groups is 1. The Morgan fingerprint density at radius 3 is 2.64 bits per heavy atom. The van der Waals surface area contributed by atoms with E-state index < -0.39 is 30.5 Å². The van der Waals surface area contributed by atoms with E-state index in [1.807, 2.05) is 30.3 Å². The van der Waals surface area contributed by atoms with E-state index in [-0.39, 0.29) is 24.0 Å². The predicted molar refractivity (Wildman–Crippen MR) is 162 cm³/mol. The molecule has 2 saturated heterocycles. The van der Waals surface area contributed by atoms with Gasteiger partial charge in [0.25, 0.3) is 0 Å². The van der Waals surface area contributed by atoms with Gasteiger partial charge in [-0.25, -0.2) is 0 Å². The second-order valence-corrected chi connectivity index (χ2v) is 13.0. The van der Waals surface area contributed by atoms with E-state index in [0.29, 0.717) is 35.2 Å². The third-order valence-corrected chi connectivity index (χ3v) is 9.23. The fraction of sp³-hybridized carbons (Fsp3) is 0.548. The zero-order valence-electron chi connectivity index (χ0n) is 24.2. The summed E-state index contributed by atoms with van der Waals surface area (Å²) < 4.78 is 11.7. The number of amides is 1. The molecular weight excluding hydrogens is 578 g/mol. The zero-order valence-corrected chi connectivity index (χ0v) is 25.8. The van der Waals surface area contributed by atoms with Crippen LogP contribution in [0.25, 0.3) is 0 Å². The molecule has 1 amide bonds. The number of nitrogens with zero attached hydrogens (tertiary/aromatic N) is 2. The number of rotatable bonds is 11. The van der Waals surface area contributed by atoms with Crippen LogP contribution in [0, 0.1) is 11.3 Å². The van der Waals surface area contributed by atoms with E-state index in [4.69, 9.17) is 21.1 Å². The quantitative estimate of drug-likeness (QED) is 0.280. The molecule has 2 aromatic carbocycles. The van der Waals surface area contributed by atoms with Gasteiger partial charge in [0.05, 0.1) is 31.2 Å². The minimum absolute atomic E-state index is 0.0443. The molecule has 6 atom stereocenters. The fourth-order valence-electron chi connectivity index (χ4n) is 5.16. The van der Waals surface area contributed by atoms with Crippen LogP contribution in [0.15, 0.2) is 42.5 Å². The highest BCUT2D eigenvalue weighted by Gasteiger charge is 2.42. The molecule has 2 aromatic rings. The maximum atomic E-state index is 12.5. The molecule has 4 rings (SSSR count). The van der Waals surface area contributed by atoms with Crippen LogP contribution in [0.4, 0.5) is 0 Å².